The molecule has 4 unspecified atom stereocenters. The number of rotatable bonds is 4. The molecule has 1 aromatic heterocycles. The highest BCUT2D eigenvalue weighted by Gasteiger charge is 2.40. The number of hydrogen-bond acceptors (Lipinski definition) is 0. The summed E-state index contributed by atoms with van der Waals surface area (Å²) in [5.74, 6) is 2.09. The molecule has 8 aliphatic carbocycles. The fourth-order valence-electron chi connectivity index (χ4n) is 10.2. The summed E-state index contributed by atoms with van der Waals surface area (Å²) in [6.07, 6.45) is 54.2. The van der Waals surface area contributed by atoms with Crippen LogP contribution in [0.2, 0.25) is 0 Å². The van der Waals surface area contributed by atoms with Crippen LogP contribution in [-0.2, 0) is 6.42 Å². The quantitative estimate of drug-likeness (QED) is 0.315. The standard InChI is InChI=1S/C48H45N/c1-3-14-32(15-4-1)34-18-13-19-35(30-34)43-31-36-26-28-46-48(47(36)41-23-10-8-21-39(41)43)42-24-11-12-25-44(42)49(46)45-29-27-37(33-16-5-2-6-17-33)38-20-7-9-22-40(38)45/h1,3,5,8-11,13-14,16-18,21-24,26-31,35-38,47H,2,4,6-7,12,15,19-20,25H2/t35-,36?,37?,38?,47?/m1/s1. The number of aromatic nitrogens is 1. The highest BCUT2D eigenvalue weighted by Crippen LogP contribution is 2.53. The maximum atomic E-state index is 2.70. The molecule has 1 aromatic carbocycles. The van der Waals surface area contributed by atoms with Crippen molar-refractivity contribution in [3.05, 3.63) is 177 Å². The van der Waals surface area contributed by atoms with Crippen LogP contribution >= 0.6 is 0 Å². The largest absolute Gasteiger partial charge is 0.313 e. The van der Waals surface area contributed by atoms with Gasteiger partial charge >= 0.3 is 0 Å². The van der Waals surface area contributed by atoms with Gasteiger partial charge in [-0.3, -0.25) is 0 Å². The third-order valence-corrected chi connectivity index (χ3v) is 12.4. The highest BCUT2D eigenvalue weighted by atomic mass is 15.0. The Hall–Kier alpha value is -4.62. The minimum Gasteiger partial charge on any atom is -0.313 e. The van der Waals surface area contributed by atoms with Crippen molar-refractivity contribution in [1.82, 2.24) is 4.57 Å². The second kappa shape index (κ2) is 12.1. The Balaban J connectivity index is 1.10. The fraction of sp³-hybridized carbons (Fsp3) is 0.292. The summed E-state index contributed by atoms with van der Waals surface area (Å²) in [5.41, 5.74) is 17.8. The molecule has 2 aromatic rings. The predicted octanol–water partition coefficient (Wildman–Crippen LogP) is 12.0. The Labute approximate surface area is 291 Å². The van der Waals surface area contributed by atoms with Crippen LogP contribution in [0.15, 0.2) is 144 Å². The third-order valence-electron chi connectivity index (χ3n) is 12.4. The van der Waals surface area contributed by atoms with E-state index in [0.717, 1.165) is 32.1 Å². The fourth-order valence-corrected chi connectivity index (χ4v) is 10.2. The Morgan fingerprint density at radius 3 is 2.57 bits per heavy atom. The van der Waals surface area contributed by atoms with Crippen molar-refractivity contribution in [1.29, 1.82) is 0 Å². The molecule has 49 heavy (non-hydrogen) atoms. The van der Waals surface area contributed by atoms with Crippen molar-refractivity contribution in [2.45, 2.75) is 63.7 Å². The number of fused-ring (bicyclic) bond motifs is 8. The zero-order valence-corrected chi connectivity index (χ0v) is 28.4. The molecule has 0 saturated carbocycles. The molecule has 242 valence electrons. The van der Waals surface area contributed by atoms with Gasteiger partial charge < -0.3 is 4.57 Å². The molecule has 0 fully saturated rings. The minimum atomic E-state index is 0.326. The normalized spacial score (nSPS) is 28.9. The van der Waals surface area contributed by atoms with E-state index in [1.165, 1.54) is 92.9 Å². The number of allylic oxidation sites excluding steroid dienone is 22. The summed E-state index contributed by atoms with van der Waals surface area (Å²) < 4.78 is 2.70. The monoisotopic (exact) mass is 635 g/mol. The molecule has 0 bridgehead atoms. The van der Waals surface area contributed by atoms with E-state index >= 15 is 0 Å². The first kappa shape index (κ1) is 29.3. The van der Waals surface area contributed by atoms with E-state index in [1.54, 1.807) is 0 Å². The Kier molecular flexibility index (Phi) is 7.21. The van der Waals surface area contributed by atoms with Crippen LogP contribution < -0.4 is 0 Å². The van der Waals surface area contributed by atoms with Crippen molar-refractivity contribution in [3.63, 3.8) is 0 Å². The van der Waals surface area contributed by atoms with Crippen LogP contribution in [0.4, 0.5) is 0 Å². The molecule has 0 radical (unpaired) electrons. The first-order valence-corrected chi connectivity index (χ1v) is 19.0. The summed E-state index contributed by atoms with van der Waals surface area (Å²) in [4.78, 5) is 0. The lowest BCUT2D eigenvalue weighted by atomic mass is 9.67. The Bertz CT molecular complexity index is 2110. The van der Waals surface area contributed by atoms with Gasteiger partial charge in [-0.1, -0.05) is 121 Å². The molecular formula is C48H45N. The highest BCUT2D eigenvalue weighted by molar-refractivity contribution is 5.83. The van der Waals surface area contributed by atoms with Crippen LogP contribution in [0.3, 0.4) is 0 Å². The van der Waals surface area contributed by atoms with Crippen LogP contribution in [0, 0.1) is 23.7 Å². The Morgan fingerprint density at radius 1 is 0.735 bits per heavy atom. The molecule has 0 N–H and O–H groups in total. The average Bonchev–Trinajstić information content (AvgIpc) is 3.52. The van der Waals surface area contributed by atoms with Gasteiger partial charge in [0.25, 0.3) is 0 Å². The van der Waals surface area contributed by atoms with Gasteiger partial charge in [0.1, 0.15) is 0 Å². The molecule has 1 heterocycles. The van der Waals surface area contributed by atoms with Gasteiger partial charge in [0.2, 0.25) is 0 Å². The van der Waals surface area contributed by atoms with Gasteiger partial charge in [0, 0.05) is 35.1 Å². The van der Waals surface area contributed by atoms with Crippen molar-refractivity contribution >= 4 is 23.4 Å². The first-order valence-electron chi connectivity index (χ1n) is 19.0. The van der Waals surface area contributed by atoms with Crippen molar-refractivity contribution in [3.8, 4) is 0 Å². The molecule has 5 atom stereocenters. The second-order valence-corrected chi connectivity index (χ2v) is 15.1. The molecule has 0 spiro atoms. The number of benzene rings is 1. The van der Waals surface area contributed by atoms with Crippen LogP contribution in [0.1, 0.15) is 90.9 Å². The average molecular weight is 636 g/mol. The topological polar surface area (TPSA) is 4.93 Å². The van der Waals surface area contributed by atoms with E-state index in [4.69, 9.17) is 0 Å². The minimum absolute atomic E-state index is 0.326. The summed E-state index contributed by atoms with van der Waals surface area (Å²) in [6, 6.07) is 9.38. The van der Waals surface area contributed by atoms with Gasteiger partial charge in [-0.25, -0.2) is 0 Å². The van der Waals surface area contributed by atoms with Crippen LogP contribution in [0.25, 0.3) is 23.4 Å². The lowest BCUT2D eigenvalue weighted by Gasteiger charge is -2.37. The van der Waals surface area contributed by atoms with E-state index < -0.39 is 0 Å². The molecule has 0 aliphatic heterocycles. The second-order valence-electron chi connectivity index (χ2n) is 15.1. The van der Waals surface area contributed by atoms with E-state index in [9.17, 15) is 0 Å². The van der Waals surface area contributed by atoms with Gasteiger partial charge in [0.05, 0.1) is 5.69 Å². The van der Waals surface area contributed by atoms with Crippen molar-refractivity contribution in [2.75, 3.05) is 0 Å². The molecule has 0 amide bonds. The summed E-state index contributed by atoms with van der Waals surface area (Å²) >= 11 is 0. The van der Waals surface area contributed by atoms with E-state index in [0.29, 0.717) is 29.6 Å². The number of nitrogens with zero attached hydrogens (tertiary/aromatic N) is 1. The van der Waals surface area contributed by atoms with Gasteiger partial charge in [0.15, 0.2) is 0 Å². The van der Waals surface area contributed by atoms with E-state index in [1.807, 2.05) is 0 Å². The SMILES string of the molecule is C1=CCCC(C2=C[C@H](C3=CC4C=Cc5c(c6c(n5C5=C7C=CCCC7C(C7=CCCC=C7)C=C5)CCC=C6)C4c4ccccc43)CC=C2)=C1. The maximum Gasteiger partial charge on any atom is 0.0501 e. The van der Waals surface area contributed by atoms with E-state index in [2.05, 4.69) is 138 Å². The third kappa shape index (κ3) is 4.80. The lowest BCUT2D eigenvalue weighted by molar-refractivity contribution is 0.470. The molecule has 10 rings (SSSR count). The van der Waals surface area contributed by atoms with Gasteiger partial charge in [-0.15, -0.1) is 0 Å². The zero-order chi connectivity index (χ0) is 32.3. The summed E-state index contributed by atoms with van der Waals surface area (Å²) in [6.45, 7) is 0. The molecule has 1 nitrogen and oxygen atoms in total. The maximum absolute atomic E-state index is 2.70. The lowest BCUT2D eigenvalue weighted by Crippen LogP contribution is -2.25. The summed E-state index contributed by atoms with van der Waals surface area (Å²) in [5, 5.41) is 0. The Morgan fingerprint density at radius 2 is 1.65 bits per heavy atom. The first-order chi connectivity index (χ1) is 24.3. The van der Waals surface area contributed by atoms with Gasteiger partial charge in [-0.2, -0.15) is 0 Å². The molecular weight excluding hydrogens is 591 g/mol. The smallest absolute Gasteiger partial charge is 0.0501 e. The molecule has 0 saturated heterocycles. The van der Waals surface area contributed by atoms with Crippen molar-refractivity contribution in [2.24, 2.45) is 23.7 Å². The van der Waals surface area contributed by atoms with Gasteiger partial charge in [-0.05, 0) is 126 Å². The van der Waals surface area contributed by atoms with Crippen molar-refractivity contribution < 1.29 is 0 Å². The number of hydrogen-bond donors (Lipinski definition) is 0. The predicted molar refractivity (Wildman–Crippen MR) is 207 cm³/mol. The molecule has 1 heteroatoms. The van der Waals surface area contributed by atoms with E-state index in [-0.39, 0.29) is 0 Å². The zero-order valence-electron chi connectivity index (χ0n) is 28.4. The summed E-state index contributed by atoms with van der Waals surface area (Å²) in [7, 11) is 0. The van der Waals surface area contributed by atoms with Crippen LogP contribution in [-0.4, -0.2) is 4.57 Å². The van der Waals surface area contributed by atoms with Crippen LogP contribution in [0.5, 0.6) is 0 Å². The molecule has 8 aliphatic rings.